The van der Waals surface area contributed by atoms with E-state index in [0.29, 0.717) is 11.3 Å². The van der Waals surface area contributed by atoms with Gasteiger partial charge in [0.2, 0.25) is 0 Å². The van der Waals surface area contributed by atoms with E-state index in [-0.39, 0.29) is 5.97 Å². The molecule has 98 valence electrons. The van der Waals surface area contributed by atoms with Crippen molar-refractivity contribution in [2.24, 2.45) is 0 Å². The van der Waals surface area contributed by atoms with Crippen LogP contribution in [0.15, 0.2) is 42.5 Å². The number of halogens is 2. The van der Waals surface area contributed by atoms with E-state index < -0.39 is 0 Å². The third-order valence-electron chi connectivity index (χ3n) is 2.41. The molecule has 0 aliphatic carbocycles. The van der Waals surface area contributed by atoms with Crippen LogP contribution < -0.4 is 9.47 Å². The lowest BCUT2D eigenvalue weighted by Crippen LogP contribution is -2.08. The summed E-state index contributed by atoms with van der Waals surface area (Å²) in [5.41, 5.74) is 0.503. The van der Waals surface area contributed by atoms with Gasteiger partial charge in [-0.15, -0.1) is 0 Å². The summed E-state index contributed by atoms with van der Waals surface area (Å²) >= 11 is 4.32. The van der Waals surface area contributed by atoms with E-state index in [2.05, 4.69) is 45.2 Å². The van der Waals surface area contributed by atoms with Gasteiger partial charge < -0.3 is 9.47 Å². The number of esters is 1. The van der Waals surface area contributed by atoms with Gasteiger partial charge in [-0.1, -0.05) is 0 Å². The minimum absolute atomic E-state index is 0.373. The molecule has 3 nitrogen and oxygen atoms in total. The Morgan fingerprint density at radius 1 is 1.05 bits per heavy atom. The number of methoxy groups -OCH3 is 1. The highest BCUT2D eigenvalue weighted by atomic mass is 127. The lowest BCUT2D eigenvalue weighted by Gasteiger charge is -2.07. The molecule has 0 saturated heterocycles. The molecule has 0 saturated carbocycles. The number of carbonyl (C=O) groups is 1. The predicted octanol–water partition coefficient (Wildman–Crippen LogP) is 4.12. The molecule has 0 aliphatic heterocycles. The second kappa shape index (κ2) is 6.56. The monoisotopic (exact) mass is 480 g/mol. The van der Waals surface area contributed by atoms with Crippen LogP contribution in [-0.2, 0) is 0 Å². The summed E-state index contributed by atoms with van der Waals surface area (Å²) in [6, 6.07) is 12.5. The quantitative estimate of drug-likeness (QED) is 0.377. The summed E-state index contributed by atoms with van der Waals surface area (Å²) in [6.45, 7) is 0. The van der Waals surface area contributed by atoms with Crippen LogP contribution in [0, 0.1) is 7.14 Å². The van der Waals surface area contributed by atoms with Crippen LogP contribution in [0.5, 0.6) is 11.5 Å². The van der Waals surface area contributed by atoms with Crippen LogP contribution in [0.2, 0.25) is 0 Å². The van der Waals surface area contributed by atoms with Gasteiger partial charge in [0, 0.05) is 3.57 Å². The van der Waals surface area contributed by atoms with E-state index in [1.54, 1.807) is 37.4 Å². The van der Waals surface area contributed by atoms with Crippen LogP contribution in [0.25, 0.3) is 0 Å². The van der Waals surface area contributed by atoms with Gasteiger partial charge in [-0.3, -0.25) is 0 Å². The first-order chi connectivity index (χ1) is 9.10. The molecule has 19 heavy (non-hydrogen) atoms. The van der Waals surface area contributed by atoms with Crippen molar-refractivity contribution in [3.05, 3.63) is 55.2 Å². The van der Waals surface area contributed by atoms with Crippen molar-refractivity contribution in [1.29, 1.82) is 0 Å². The van der Waals surface area contributed by atoms with Crippen molar-refractivity contribution in [1.82, 2.24) is 0 Å². The molecule has 2 aromatic carbocycles. The van der Waals surface area contributed by atoms with Gasteiger partial charge >= 0.3 is 5.97 Å². The lowest BCUT2D eigenvalue weighted by molar-refractivity contribution is 0.0734. The Kier molecular flexibility index (Phi) is 5.03. The fraction of sp³-hybridized carbons (Fsp3) is 0.0714. The molecular weight excluding hydrogens is 470 g/mol. The third kappa shape index (κ3) is 3.82. The summed E-state index contributed by atoms with van der Waals surface area (Å²) < 4.78 is 12.4. The Balaban J connectivity index is 2.16. The molecule has 0 N–H and O–H groups in total. The minimum Gasteiger partial charge on any atom is -0.496 e. The first kappa shape index (κ1) is 14.6. The highest BCUT2D eigenvalue weighted by Crippen LogP contribution is 2.22. The fourth-order valence-electron chi connectivity index (χ4n) is 1.46. The molecule has 2 aromatic rings. The Morgan fingerprint density at radius 2 is 1.74 bits per heavy atom. The zero-order chi connectivity index (χ0) is 13.8. The third-order valence-corrected chi connectivity index (χ3v) is 3.97. The van der Waals surface area contributed by atoms with Crippen LogP contribution in [0.3, 0.4) is 0 Å². The second-order valence-corrected chi connectivity index (χ2v) is 6.10. The zero-order valence-electron chi connectivity index (χ0n) is 10.0. The maximum Gasteiger partial charge on any atom is 0.343 e. The number of hydrogen-bond donors (Lipinski definition) is 0. The molecule has 0 atom stereocenters. The van der Waals surface area contributed by atoms with E-state index in [0.717, 1.165) is 12.9 Å². The number of carbonyl (C=O) groups excluding carboxylic acids is 1. The molecule has 0 spiro atoms. The van der Waals surface area contributed by atoms with Gasteiger partial charge in [-0.2, -0.15) is 0 Å². The van der Waals surface area contributed by atoms with Crippen LogP contribution in [0.4, 0.5) is 0 Å². The van der Waals surface area contributed by atoms with Crippen molar-refractivity contribution in [2.75, 3.05) is 7.11 Å². The fourth-order valence-corrected chi connectivity index (χ4v) is 2.56. The molecule has 0 unspecified atom stereocenters. The molecule has 0 heterocycles. The van der Waals surface area contributed by atoms with Gasteiger partial charge in [0.25, 0.3) is 0 Å². The summed E-state index contributed by atoms with van der Waals surface area (Å²) in [4.78, 5) is 12.0. The van der Waals surface area contributed by atoms with Crippen molar-refractivity contribution in [3.63, 3.8) is 0 Å². The van der Waals surface area contributed by atoms with Crippen molar-refractivity contribution < 1.29 is 14.3 Å². The minimum atomic E-state index is -0.373. The van der Waals surface area contributed by atoms with Crippen molar-refractivity contribution in [3.8, 4) is 11.5 Å². The molecule has 0 fully saturated rings. The average molecular weight is 480 g/mol. The first-order valence-electron chi connectivity index (χ1n) is 5.41. The zero-order valence-corrected chi connectivity index (χ0v) is 14.3. The normalized spacial score (nSPS) is 10.1. The van der Waals surface area contributed by atoms with Gasteiger partial charge in [-0.05, 0) is 87.6 Å². The highest BCUT2D eigenvalue weighted by molar-refractivity contribution is 14.1. The average Bonchev–Trinajstić information content (AvgIpc) is 2.41. The Hall–Kier alpha value is -0.830. The molecular formula is C14H10I2O3. The van der Waals surface area contributed by atoms with Crippen LogP contribution in [0.1, 0.15) is 10.4 Å². The maximum atomic E-state index is 12.0. The molecule has 0 bridgehead atoms. The molecule has 0 amide bonds. The lowest BCUT2D eigenvalue weighted by atomic mass is 10.2. The largest absolute Gasteiger partial charge is 0.496 e. The number of benzene rings is 2. The van der Waals surface area contributed by atoms with Crippen LogP contribution >= 0.6 is 45.2 Å². The summed E-state index contributed by atoms with van der Waals surface area (Å²) in [6.07, 6.45) is 0. The van der Waals surface area contributed by atoms with E-state index >= 15 is 0 Å². The summed E-state index contributed by atoms with van der Waals surface area (Å²) in [5, 5.41) is 0. The van der Waals surface area contributed by atoms with Gasteiger partial charge in [0.05, 0.1) is 16.2 Å². The number of rotatable bonds is 3. The molecule has 0 aromatic heterocycles. The molecule has 0 radical (unpaired) electrons. The Morgan fingerprint density at radius 3 is 2.32 bits per heavy atom. The van der Waals surface area contributed by atoms with Gasteiger partial charge in [0.1, 0.15) is 11.5 Å². The maximum absolute atomic E-state index is 12.0. The Labute approximate surface area is 138 Å². The standard InChI is InChI=1S/C14H10I2O3/c1-18-13-7-2-9(8-12(13)16)14(17)19-11-5-3-10(15)4-6-11/h2-8H,1H3. The Bertz CT molecular complexity index is 594. The topological polar surface area (TPSA) is 35.5 Å². The van der Waals surface area contributed by atoms with Gasteiger partial charge in [-0.25, -0.2) is 4.79 Å². The van der Waals surface area contributed by atoms with E-state index in [4.69, 9.17) is 9.47 Å². The SMILES string of the molecule is COc1ccc(C(=O)Oc2ccc(I)cc2)cc1I. The molecule has 0 aliphatic rings. The summed E-state index contributed by atoms with van der Waals surface area (Å²) in [5.74, 6) is 0.907. The molecule has 5 heteroatoms. The van der Waals surface area contributed by atoms with E-state index in [1.807, 2.05) is 12.1 Å². The van der Waals surface area contributed by atoms with E-state index in [9.17, 15) is 4.79 Å². The highest BCUT2D eigenvalue weighted by Gasteiger charge is 2.11. The first-order valence-corrected chi connectivity index (χ1v) is 7.57. The number of hydrogen-bond acceptors (Lipinski definition) is 3. The summed E-state index contributed by atoms with van der Waals surface area (Å²) in [7, 11) is 1.60. The van der Waals surface area contributed by atoms with E-state index in [1.165, 1.54) is 0 Å². The van der Waals surface area contributed by atoms with Gasteiger partial charge in [0.15, 0.2) is 0 Å². The van der Waals surface area contributed by atoms with Crippen molar-refractivity contribution in [2.45, 2.75) is 0 Å². The molecule has 2 rings (SSSR count). The predicted molar refractivity (Wildman–Crippen MR) is 89.8 cm³/mol. The van der Waals surface area contributed by atoms with Crippen molar-refractivity contribution >= 4 is 51.2 Å². The van der Waals surface area contributed by atoms with Crippen LogP contribution in [-0.4, -0.2) is 13.1 Å². The number of ether oxygens (including phenoxy) is 2. The second-order valence-electron chi connectivity index (χ2n) is 3.69. The smallest absolute Gasteiger partial charge is 0.343 e.